The lowest BCUT2D eigenvalue weighted by molar-refractivity contribution is 0.219. The van der Waals surface area contributed by atoms with Crippen LogP contribution in [0.15, 0.2) is 4.99 Å². The van der Waals surface area contributed by atoms with Crippen molar-refractivity contribution in [1.82, 2.24) is 0 Å². The van der Waals surface area contributed by atoms with Gasteiger partial charge in [-0.1, -0.05) is 11.6 Å². The molecule has 1 fully saturated rings. The Kier molecular flexibility index (Phi) is 3.39. The standard InChI is InChI=1S/C17H18ClNO3/c18-14-12-5-2-8-21-15(12)13(11-4-1-9-22-16(11)14)17(19-10-20)6-3-7-17/h1-9H2. The maximum Gasteiger partial charge on any atom is 0.235 e. The van der Waals surface area contributed by atoms with E-state index >= 15 is 0 Å². The number of hydrogen-bond acceptors (Lipinski definition) is 4. The summed E-state index contributed by atoms with van der Waals surface area (Å²) in [4.78, 5) is 15.2. The van der Waals surface area contributed by atoms with Crippen molar-refractivity contribution in [2.24, 2.45) is 4.99 Å². The van der Waals surface area contributed by atoms with E-state index < -0.39 is 5.54 Å². The normalized spacial score (nSPS) is 21.3. The van der Waals surface area contributed by atoms with Crippen molar-refractivity contribution in [3.8, 4) is 11.5 Å². The Balaban J connectivity index is 2.01. The predicted octanol–water partition coefficient (Wildman–Crippen LogP) is 3.71. The fourth-order valence-corrected chi connectivity index (χ4v) is 4.25. The van der Waals surface area contributed by atoms with Crippen LogP contribution < -0.4 is 9.47 Å². The lowest BCUT2D eigenvalue weighted by Crippen LogP contribution is -2.35. The van der Waals surface area contributed by atoms with E-state index in [4.69, 9.17) is 21.1 Å². The molecule has 0 aromatic heterocycles. The van der Waals surface area contributed by atoms with Gasteiger partial charge in [0.1, 0.15) is 17.0 Å². The van der Waals surface area contributed by atoms with Gasteiger partial charge in [-0.25, -0.2) is 4.79 Å². The van der Waals surface area contributed by atoms with Crippen molar-refractivity contribution >= 4 is 17.7 Å². The number of carbonyl (C=O) groups excluding carboxylic acids is 1. The summed E-state index contributed by atoms with van der Waals surface area (Å²) in [7, 11) is 0. The van der Waals surface area contributed by atoms with Crippen LogP contribution in [0.4, 0.5) is 0 Å². The molecule has 22 heavy (non-hydrogen) atoms. The third-order valence-corrected chi connectivity index (χ3v) is 5.48. The Labute approximate surface area is 134 Å². The Morgan fingerprint density at radius 1 is 1.00 bits per heavy atom. The summed E-state index contributed by atoms with van der Waals surface area (Å²) >= 11 is 6.59. The molecule has 2 heterocycles. The van der Waals surface area contributed by atoms with Crippen molar-refractivity contribution in [3.05, 3.63) is 21.7 Å². The summed E-state index contributed by atoms with van der Waals surface area (Å²) in [5.41, 5.74) is 2.70. The molecular weight excluding hydrogens is 302 g/mol. The van der Waals surface area contributed by atoms with Crippen molar-refractivity contribution in [2.45, 2.75) is 50.5 Å². The average Bonchev–Trinajstić information content (AvgIpc) is 2.52. The van der Waals surface area contributed by atoms with Crippen molar-refractivity contribution in [3.63, 3.8) is 0 Å². The molecule has 0 saturated heterocycles. The Hall–Kier alpha value is -1.51. The molecule has 4 nitrogen and oxygen atoms in total. The lowest BCUT2D eigenvalue weighted by Gasteiger charge is -2.42. The van der Waals surface area contributed by atoms with Gasteiger partial charge in [0.05, 0.1) is 18.2 Å². The maximum atomic E-state index is 11.0. The quantitative estimate of drug-likeness (QED) is 0.617. The highest BCUT2D eigenvalue weighted by Gasteiger charge is 2.45. The molecule has 0 unspecified atom stereocenters. The zero-order valence-corrected chi connectivity index (χ0v) is 13.2. The number of benzene rings is 1. The first kappa shape index (κ1) is 14.1. The van der Waals surface area contributed by atoms with Gasteiger partial charge in [0.25, 0.3) is 0 Å². The Bertz CT molecular complexity index is 638. The van der Waals surface area contributed by atoms with Crippen LogP contribution in [0.2, 0.25) is 5.02 Å². The number of ether oxygens (including phenoxy) is 2. The molecule has 1 aromatic carbocycles. The van der Waals surface area contributed by atoms with E-state index in [0.29, 0.717) is 18.2 Å². The molecule has 1 aliphatic carbocycles. The van der Waals surface area contributed by atoms with Crippen LogP contribution in [-0.4, -0.2) is 19.3 Å². The third-order valence-electron chi connectivity index (χ3n) is 5.08. The highest BCUT2D eigenvalue weighted by atomic mass is 35.5. The molecule has 3 aliphatic rings. The minimum absolute atomic E-state index is 0.474. The topological polar surface area (TPSA) is 47.9 Å². The molecule has 116 valence electrons. The summed E-state index contributed by atoms with van der Waals surface area (Å²) in [6, 6.07) is 0. The highest BCUT2D eigenvalue weighted by molar-refractivity contribution is 6.33. The second-order valence-corrected chi connectivity index (χ2v) is 6.67. The lowest BCUT2D eigenvalue weighted by atomic mass is 9.69. The molecule has 4 rings (SSSR count). The van der Waals surface area contributed by atoms with Crippen LogP contribution in [-0.2, 0) is 23.2 Å². The van der Waals surface area contributed by atoms with E-state index in [1.807, 2.05) is 0 Å². The molecular formula is C17H18ClNO3. The van der Waals surface area contributed by atoms with Crippen LogP contribution in [0.1, 0.15) is 48.8 Å². The van der Waals surface area contributed by atoms with Gasteiger partial charge in [0.2, 0.25) is 6.08 Å². The monoisotopic (exact) mass is 319 g/mol. The van der Waals surface area contributed by atoms with Gasteiger partial charge in [-0.3, -0.25) is 0 Å². The second-order valence-electron chi connectivity index (χ2n) is 6.30. The zero-order chi connectivity index (χ0) is 15.2. The predicted molar refractivity (Wildman–Crippen MR) is 82.7 cm³/mol. The molecule has 2 aliphatic heterocycles. The Morgan fingerprint density at radius 2 is 1.68 bits per heavy atom. The van der Waals surface area contributed by atoms with Crippen LogP contribution in [0.25, 0.3) is 0 Å². The van der Waals surface area contributed by atoms with E-state index in [2.05, 4.69) is 4.99 Å². The van der Waals surface area contributed by atoms with Gasteiger partial charge >= 0.3 is 0 Å². The van der Waals surface area contributed by atoms with Crippen LogP contribution in [0.5, 0.6) is 11.5 Å². The number of aliphatic imine (C=N–C) groups is 1. The number of isocyanates is 1. The zero-order valence-electron chi connectivity index (χ0n) is 12.4. The van der Waals surface area contributed by atoms with E-state index in [0.717, 1.165) is 73.1 Å². The van der Waals surface area contributed by atoms with Gasteiger partial charge < -0.3 is 9.47 Å². The van der Waals surface area contributed by atoms with Gasteiger partial charge in [-0.2, -0.15) is 4.99 Å². The summed E-state index contributed by atoms with van der Waals surface area (Å²) < 4.78 is 11.9. The van der Waals surface area contributed by atoms with Crippen LogP contribution >= 0.6 is 11.6 Å². The largest absolute Gasteiger partial charge is 0.493 e. The highest BCUT2D eigenvalue weighted by Crippen LogP contribution is 2.56. The molecule has 1 aromatic rings. The fraction of sp³-hybridized carbons (Fsp3) is 0.588. The number of halogens is 1. The molecule has 0 N–H and O–H groups in total. The minimum Gasteiger partial charge on any atom is -0.493 e. The first-order valence-corrected chi connectivity index (χ1v) is 8.37. The fourth-order valence-electron chi connectivity index (χ4n) is 3.90. The molecule has 0 spiro atoms. The van der Waals surface area contributed by atoms with Gasteiger partial charge in [0.15, 0.2) is 0 Å². The summed E-state index contributed by atoms with van der Waals surface area (Å²) in [6.45, 7) is 1.38. The number of nitrogens with zero attached hydrogens (tertiary/aromatic N) is 1. The van der Waals surface area contributed by atoms with Gasteiger partial charge in [0, 0.05) is 16.7 Å². The van der Waals surface area contributed by atoms with Crippen molar-refractivity contribution < 1.29 is 14.3 Å². The van der Waals surface area contributed by atoms with E-state index in [1.54, 1.807) is 6.08 Å². The SMILES string of the molecule is O=C=NC1(c2c3c(c(Cl)c4c2OCCC4)OCCC3)CCC1. The molecule has 0 amide bonds. The van der Waals surface area contributed by atoms with E-state index in [9.17, 15) is 4.79 Å². The molecule has 0 atom stereocenters. The summed E-state index contributed by atoms with van der Waals surface area (Å²) in [5, 5.41) is 0.692. The van der Waals surface area contributed by atoms with Crippen molar-refractivity contribution in [2.75, 3.05) is 13.2 Å². The molecule has 1 saturated carbocycles. The van der Waals surface area contributed by atoms with Crippen LogP contribution in [0.3, 0.4) is 0 Å². The molecule has 0 radical (unpaired) electrons. The first-order chi connectivity index (χ1) is 10.8. The number of rotatable bonds is 2. The third kappa shape index (κ3) is 1.90. The summed E-state index contributed by atoms with van der Waals surface area (Å²) in [6.07, 6.45) is 8.28. The van der Waals surface area contributed by atoms with Crippen LogP contribution in [0, 0.1) is 0 Å². The maximum absolute atomic E-state index is 11.0. The molecule has 5 heteroatoms. The second kappa shape index (κ2) is 5.29. The average molecular weight is 320 g/mol. The van der Waals surface area contributed by atoms with E-state index in [-0.39, 0.29) is 0 Å². The number of fused-ring (bicyclic) bond motifs is 2. The van der Waals surface area contributed by atoms with Crippen molar-refractivity contribution in [1.29, 1.82) is 0 Å². The van der Waals surface area contributed by atoms with Gasteiger partial charge in [-0.15, -0.1) is 0 Å². The Morgan fingerprint density at radius 3 is 2.32 bits per heavy atom. The number of hydrogen-bond donors (Lipinski definition) is 0. The van der Waals surface area contributed by atoms with Gasteiger partial charge in [-0.05, 0) is 44.9 Å². The molecule has 0 bridgehead atoms. The smallest absolute Gasteiger partial charge is 0.235 e. The first-order valence-electron chi connectivity index (χ1n) is 7.99. The summed E-state index contributed by atoms with van der Waals surface area (Å²) in [5.74, 6) is 1.65. The minimum atomic E-state index is -0.474. The van der Waals surface area contributed by atoms with E-state index in [1.165, 1.54) is 0 Å².